The summed E-state index contributed by atoms with van der Waals surface area (Å²) in [6.45, 7) is 1.14. The number of nitrogens with one attached hydrogen (secondary N) is 1. The van der Waals surface area contributed by atoms with E-state index >= 15 is 0 Å². The van der Waals surface area contributed by atoms with Gasteiger partial charge in [-0.3, -0.25) is 4.79 Å². The van der Waals surface area contributed by atoms with Crippen molar-refractivity contribution >= 4 is 17.8 Å². The van der Waals surface area contributed by atoms with Gasteiger partial charge in [0.05, 0.1) is 13.7 Å². The maximum Gasteiger partial charge on any atom is 0.414 e. The minimum Gasteiger partial charge on any atom is -0.497 e. The summed E-state index contributed by atoms with van der Waals surface area (Å²) in [5, 5.41) is 18.1. The number of carbonyl (C=O) groups excluding carboxylic acids is 1. The van der Waals surface area contributed by atoms with Gasteiger partial charge < -0.3 is 25.2 Å². The number of benzene rings is 1. The first kappa shape index (κ1) is 25.6. The Bertz CT molecular complexity index is 712. The number of carboxylic acid groups (broad SMARTS) is 2. The lowest BCUT2D eigenvalue weighted by atomic mass is 9.88. The number of carboxylic acids is 2. The number of hydrogen-bond acceptors (Lipinski definition) is 5. The van der Waals surface area contributed by atoms with Crippen LogP contribution in [0.5, 0.6) is 5.75 Å². The maximum absolute atomic E-state index is 13.1. The Morgan fingerprint density at radius 3 is 1.94 bits per heavy atom. The van der Waals surface area contributed by atoms with E-state index in [-0.39, 0.29) is 0 Å². The quantitative estimate of drug-likeness (QED) is 0.547. The molecule has 8 heteroatoms. The van der Waals surface area contributed by atoms with Crippen LogP contribution < -0.4 is 10.1 Å². The molecule has 0 aromatic heterocycles. The summed E-state index contributed by atoms with van der Waals surface area (Å²) in [6, 6.07) is 8.98. The van der Waals surface area contributed by atoms with Crippen molar-refractivity contribution in [2.75, 3.05) is 13.7 Å². The Balaban J connectivity index is 0.000000534. The van der Waals surface area contributed by atoms with Gasteiger partial charge in [-0.2, -0.15) is 0 Å². The van der Waals surface area contributed by atoms with Crippen LogP contribution >= 0.6 is 0 Å². The van der Waals surface area contributed by atoms with Crippen LogP contribution in [-0.4, -0.2) is 58.7 Å². The lowest BCUT2D eigenvalue weighted by Crippen LogP contribution is -2.51. The zero-order valence-corrected chi connectivity index (χ0v) is 18.9. The highest BCUT2D eigenvalue weighted by Crippen LogP contribution is 2.30. The van der Waals surface area contributed by atoms with Crippen LogP contribution in [0.3, 0.4) is 0 Å². The number of amides is 1. The minimum absolute atomic E-state index is 0.298. The van der Waals surface area contributed by atoms with E-state index in [1.54, 1.807) is 7.11 Å². The average Bonchev–Trinajstić information content (AvgIpc) is 2.81. The number of ether oxygens (including phenoxy) is 1. The third-order valence-corrected chi connectivity index (χ3v) is 6.15. The second kappa shape index (κ2) is 13.7. The first-order valence-electron chi connectivity index (χ1n) is 11.5. The highest BCUT2D eigenvalue weighted by molar-refractivity contribution is 6.27. The van der Waals surface area contributed by atoms with Gasteiger partial charge in [0.1, 0.15) is 5.75 Å². The smallest absolute Gasteiger partial charge is 0.414 e. The summed E-state index contributed by atoms with van der Waals surface area (Å²) < 4.78 is 5.28. The van der Waals surface area contributed by atoms with Crippen LogP contribution in [0.2, 0.25) is 0 Å². The fourth-order valence-corrected chi connectivity index (χ4v) is 4.61. The number of methoxy groups -OCH3 is 1. The van der Waals surface area contributed by atoms with Gasteiger partial charge in [-0.1, -0.05) is 50.7 Å². The lowest BCUT2D eigenvalue weighted by Gasteiger charge is -2.42. The summed E-state index contributed by atoms with van der Waals surface area (Å²) in [4.78, 5) is 33.6. The Hall–Kier alpha value is -2.61. The number of aliphatic carboxylic acids is 2. The molecule has 0 radical (unpaired) electrons. The topological polar surface area (TPSA) is 116 Å². The zero-order chi connectivity index (χ0) is 23.3. The molecule has 0 heterocycles. The predicted octanol–water partition coefficient (Wildman–Crippen LogP) is 3.43. The zero-order valence-electron chi connectivity index (χ0n) is 18.9. The molecule has 0 atom stereocenters. The molecule has 0 bridgehead atoms. The van der Waals surface area contributed by atoms with Crippen molar-refractivity contribution in [3.63, 3.8) is 0 Å². The molecular weight excluding hydrogens is 412 g/mol. The molecule has 1 aromatic carbocycles. The predicted molar refractivity (Wildman–Crippen MR) is 121 cm³/mol. The van der Waals surface area contributed by atoms with Crippen LogP contribution in [0.4, 0.5) is 0 Å². The van der Waals surface area contributed by atoms with E-state index in [0.717, 1.165) is 11.3 Å². The molecule has 2 saturated carbocycles. The van der Waals surface area contributed by atoms with E-state index in [9.17, 15) is 4.79 Å². The van der Waals surface area contributed by atoms with Gasteiger partial charge >= 0.3 is 11.9 Å². The van der Waals surface area contributed by atoms with E-state index < -0.39 is 11.9 Å². The molecular formula is C24H36N2O6. The van der Waals surface area contributed by atoms with Gasteiger partial charge in [0, 0.05) is 18.6 Å². The summed E-state index contributed by atoms with van der Waals surface area (Å²) >= 11 is 0. The summed E-state index contributed by atoms with van der Waals surface area (Å²) in [7, 11) is 1.68. The van der Waals surface area contributed by atoms with E-state index in [2.05, 4.69) is 16.3 Å². The van der Waals surface area contributed by atoms with Gasteiger partial charge in [0.2, 0.25) is 5.91 Å². The first-order chi connectivity index (χ1) is 15.4. The van der Waals surface area contributed by atoms with E-state index in [4.69, 9.17) is 24.5 Å². The molecule has 32 heavy (non-hydrogen) atoms. The molecule has 1 amide bonds. The molecule has 3 N–H and O–H groups in total. The molecule has 178 valence electrons. The largest absolute Gasteiger partial charge is 0.497 e. The van der Waals surface area contributed by atoms with Gasteiger partial charge in [-0.25, -0.2) is 9.59 Å². The maximum atomic E-state index is 13.1. The standard InChI is InChI=1S/C22H34N2O2.C2H2O4/c1-26-21-14-8-9-18(15-21)16-23-17-22(25)24(19-10-4-2-5-11-19)20-12-6-3-7-13-20;3-1(4)2(5)6/h8-9,14-15,19-20,23H,2-7,10-13,16-17H2,1H3;(H,3,4)(H,5,6). The first-order valence-corrected chi connectivity index (χ1v) is 11.5. The van der Waals surface area contributed by atoms with Crippen LogP contribution in [-0.2, 0) is 20.9 Å². The normalized spacial score (nSPS) is 17.0. The van der Waals surface area contributed by atoms with Crippen molar-refractivity contribution in [3.05, 3.63) is 29.8 Å². The van der Waals surface area contributed by atoms with Crippen molar-refractivity contribution in [2.24, 2.45) is 0 Å². The highest BCUT2D eigenvalue weighted by Gasteiger charge is 2.31. The van der Waals surface area contributed by atoms with Gasteiger partial charge in [0.25, 0.3) is 0 Å². The molecule has 0 aliphatic heterocycles. The van der Waals surface area contributed by atoms with Gasteiger partial charge in [0.15, 0.2) is 0 Å². The number of carbonyl (C=O) groups is 3. The van der Waals surface area contributed by atoms with Gasteiger partial charge in [-0.15, -0.1) is 0 Å². The molecule has 0 spiro atoms. The SMILES string of the molecule is COc1cccc(CNCC(=O)N(C2CCCCC2)C2CCCCC2)c1.O=C(O)C(=O)O. The van der Waals surface area contributed by atoms with E-state index in [1.807, 2.05) is 18.2 Å². The molecule has 0 unspecified atom stereocenters. The Labute approximate surface area is 189 Å². The molecule has 8 nitrogen and oxygen atoms in total. The van der Waals surface area contributed by atoms with Crippen molar-refractivity contribution in [2.45, 2.75) is 82.8 Å². The molecule has 1 aromatic rings. The number of hydrogen-bond donors (Lipinski definition) is 3. The lowest BCUT2D eigenvalue weighted by molar-refractivity contribution is -0.159. The Morgan fingerprint density at radius 2 is 1.47 bits per heavy atom. The summed E-state index contributed by atoms with van der Waals surface area (Å²) in [5.41, 5.74) is 1.15. The third-order valence-electron chi connectivity index (χ3n) is 6.15. The molecule has 0 saturated heterocycles. The molecule has 3 rings (SSSR count). The van der Waals surface area contributed by atoms with E-state index in [1.165, 1.54) is 64.2 Å². The Morgan fingerprint density at radius 1 is 0.938 bits per heavy atom. The number of rotatable bonds is 7. The third kappa shape index (κ3) is 8.49. The monoisotopic (exact) mass is 448 g/mol. The molecule has 2 aliphatic carbocycles. The van der Waals surface area contributed by atoms with Crippen LogP contribution in [0.25, 0.3) is 0 Å². The second-order valence-electron chi connectivity index (χ2n) is 8.45. The highest BCUT2D eigenvalue weighted by atomic mass is 16.5. The summed E-state index contributed by atoms with van der Waals surface area (Å²) in [5.74, 6) is -2.49. The van der Waals surface area contributed by atoms with Crippen LogP contribution in [0.1, 0.15) is 69.8 Å². The fraction of sp³-hybridized carbons (Fsp3) is 0.625. The second-order valence-corrected chi connectivity index (χ2v) is 8.45. The molecule has 2 fully saturated rings. The van der Waals surface area contributed by atoms with Crippen molar-refractivity contribution in [1.82, 2.24) is 10.2 Å². The Kier molecular flexibility index (Phi) is 11.0. The minimum atomic E-state index is -1.82. The van der Waals surface area contributed by atoms with Crippen LogP contribution in [0, 0.1) is 0 Å². The van der Waals surface area contributed by atoms with Crippen molar-refractivity contribution in [3.8, 4) is 5.75 Å². The van der Waals surface area contributed by atoms with Gasteiger partial charge in [-0.05, 0) is 43.4 Å². The number of nitrogens with zero attached hydrogens (tertiary/aromatic N) is 1. The fourth-order valence-electron chi connectivity index (χ4n) is 4.61. The van der Waals surface area contributed by atoms with E-state index in [0.29, 0.717) is 31.1 Å². The van der Waals surface area contributed by atoms with Crippen LogP contribution in [0.15, 0.2) is 24.3 Å². The average molecular weight is 449 g/mol. The summed E-state index contributed by atoms with van der Waals surface area (Å²) in [6.07, 6.45) is 12.5. The van der Waals surface area contributed by atoms with Crippen molar-refractivity contribution in [1.29, 1.82) is 0 Å². The van der Waals surface area contributed by atoms with Crippen molar-refractivity contribution < 1.29 is 29.3 Å². The molecule has 2 aliphatic rings.